The molecule has 0 spiro atoms. The molecule has 7 heteroatoms. The minimum Gasteiger partial charge on any atom is -0.481 e. The first-order valence-corrected chi connectivity index (χ1v) is 6.97. The SMILES string of the molecule is COc1ccc(CN2[C@@H]3COC[C@H]2CN(C(=O)O)C3)cn1. The van der Waals surface area contributed by atoms with E-state index in [1.54, 1.807) is 13.3 Å². The van der Waals surface area contributed by atoms with Crippen LogP contribution in [0.15, 0.2) is 18.3 Å². The molecule has 2 bridgehead atoms. The van der Waals surface area contributed by atoms with Crippen LogP contribution in [0, 0.1) is 0 Å². The van der Waals surface area contributed by atoms with E-state index in [4.69, 9.17) is 14.6 Å². The van der Waals surface area contributed by atoms with Gasteiger partial charge in [-0.2, -0.15) is 0 Å². The lowest BCUT2D eigenvalue weighted by molar-refractivity contribution is -0.0952. The summed E-state index contributed by atoms with van der Waals surface area (Å²) in [6.07, 6.45) is 0.955. The molecule has 2 atom stereocenters. The zero-order valence-electron chi connectivity index (χ0n) is 11.9. The maximum Gasteiger partial charge on any atom is 0.407 e. The zero-order valence-corrected chi connectivity index (χ0v) is 11.9. The van der Waals surface area contributed by atoms with Gasteiger partial charge in [0.15, 0.2) is 0 Å². The van der Waals surface area contributed by atoms with Gasteiger partial charge in [-0.1, -0.05) is 6.07 Å². The molecule has 1 N–H and O–H groups in total. The van der Waals surface area contributed by atoms with Crippen molar-refractivity contribution in [3.8, 4) is 5.88 Å². The molecule has 2 fully saturated rings. The fourth-order valence-electron chi connectivity index (χ4n) is 2.98. The third kappa shape index (κ3) is 2.93. The molecular formula is C14H19N3O4. The lowest BCUT2D eigenvalue weighted by Crippen LogP contribution is -2.64. The second-order valence-corrected chi connectivity index (χ2v) is 5.41. The summed E-state index contributed by atoms with van der Waals surface area (Å²) in [6, 6.07) is 4.05. The van der Waals surface area contributed by atoms with Gasteiger partial charge in [0.1, 0.15) is 0 Å². The monoisotopic (exact) mass is 293 g/mol. The van der Waals surface area contributed by atoms with Crippen molar-refractivity contribution in [2.75, 3.05) is 33.4 Å². The Labute approximate surface area is 123 Å². The van der Waals surface area contributed by atoms with Gasteiger partial charge in [-0.05, 0) is 5.56 Å². The fourth-order valence-corrected chi connectivity index (χ4v) is 2.98. The molecule has 21 heavy (non-hydrogen) atoms. The highest BCUT2D eigenvalue weighted by molar-refractivity contribution is 5.65. The van der Waals surface area contributed by atoms with Gasteiger partial charge in [0, 0.05) is 31.9 Å². The van der Waals surface area contributed by atoms with Crippen LogP contribution in [0.25, 0.3) is 0 Å². The number of carboxylic acid groups (broad SMARTS) is 1. The summed E-state index contributed by atoms with van der Waals surface area (Å²) in [5.74, 6) is 0.595. The van der Waals surface area contributed by atoms with E-state index in [-0.39, 0.29) is 12.1 Å². The Morgan fingerprint density at radius 2 is 2.14 bits per heavy atom. The number of amides is 1. The molecule has 2 saturated heterocycles. The van der Waals surface area contributed by atoms with Crippen LogP contribution in [-0.4, -0.2) is 71.5 Å². The van der Waals surface area contributed by atoms with E-state index >= 15 is 0 Å². The van der Waals surface area contributed by atoms with Crippen molar-refractivity contribution in [2.24, 2.45) is 0 Å². The van der Waals surface area contributed by atoms with Crippen molar-refractivity contribution in [1.82, 2.24) is 14.8 Å². The summed E-state index contributed by atoms with van der Waals surface area (Å²) in [4.78, 5) is 19.2. The minimum absolute atomic E-state index is 0.107. The number of pyridine rings is 1. The van der Waals surface area contributed by atoms with E-state index in [9.17, 15) is 4.79 Å². The zero-order chi connectivity index (χ0) is 14.8. The summed E-state index contributed by atoms with van der Waals surface area (Å²) < 4.78 is 10.6. The number of ether oxygens (including phenoxy) is 2. The average Bonchev–Trinajstić information content (AvgIpc) is 2.47. The second-order valence-electron chi connectivity index (χ2n) is 5.41. The van der Waals surface area contributed by atoms with E-state index < -0.39 is 6.09 Å². The van der Waals surface area contributed by atoms with Gasteiger partial charge in [0.2, 0.25) is 5.88 Å². The van der Waals surface area contributed by atoms with Crippen LogP contribution in [0.4, 0.5) is 4.79 Å². The maximum atomic E-state index is 11.2. The first-order chi connectivity index (χ1) is 10.2. The predicted octanol–water partition coefficient (Wildman–Crippen LogP) is 0.653. The van der Waals surface area contributed by atoms with Crippen molar-refractivity contribution in [1.29, 1.82) is 0 Å². The standard InChI is InChI=1S/C14H19N3O4/c1-20-13-3-2-10(4-15-13)5-17-11-6-16(14(18)19)7-12(17)9-21-8-11/h2-4,11-12H,5-9H2,1H3,(H,18,19)/t11-,12+. The van der Waals surface area contributed by atoms with E-state index in [0.717, 1.165) is 12.1 Å². The van der Waals surface area contributed by atoms with Crippen LogP contribution >= 0.6 is 0 Å². The second kappa shape index (κ2) is 5.87. The third-order valence-corrected chi connectivity index (χ3v) is 4.06. The normalized spacial score (nSPS) is 25.7. The van der Waals surface area contributed by atoms with Gasteiger partial charge < -0.3 is 19.5 Å². The Balaban J connectivity index is 1.71. The minimum atomic E-state index is -0.849. The number of carbonyl (C=O) groups is 1. The molecule has 114 valence electrons. The molecule has 0 radical (unpaired) electrons. The Bertz CT molecular complexity index is 493. The van der Waals surface area contributed by atoms with E-state index in [1.165, 1.54) is 4.90 Å². The summed E-state index contributed by atoms with van der Waals surface area (Å²) in [5.41, 5.74) is 1.09. The molecule has 0 aromatic carbocycles. The summed E-state index contributed by atoms with van der Waals surface area (Å²) in [6.45, 7) is 2.89. The predicted molar refractivity (Wildman–Crippen MR) is 74.3 cm³/mol. The molecule has 2 aliphatic rings. The van der Waals surface area contributed by atoms with Gasteiger partial charge >= 0.3 is 6.09 Å². The molecule has 0 unspecified atom stereocenters. The van der Waals surface area contributed by atoms with Gasteiger partial charge in [0.05, 0.1) is 32.4 Å². The number of morpholine rings is 1. The molecule has 3 rings (SSSR count). The smallest absolute Gasteiger partial charge is 0.407 e. The number of rotatable bonds is 3. The quantitative estimate of drug-likeness (QED) is 0.882. The molecule has 3 heterocycles. The van der Waals surface area contributed by atoms with Gasteiger partial charge in [0.25, 0.3) is 0 Å². The summed E-state index contributed by atoms with van der Waals surface area (Å²) in [7, 11) is 1.59. The molecule has 1 aromatic heterocycles. The maximum absolute atomic E-state index is 11.2. The molecule has 1 aromatic rings. The van der Waals surface area contributed by atoms with Gasteiger partial charge in [-0.25, -0.2) is 9.78 Å². The summed E-state index contributed by atoms with van der Waals surface area (Å²) >= 11 is 0. The van der Waals surface area contributed by atoms with E-state index in [0.29, 0.717) is 32.2 Å². The van der Waals surface area contributed by atoms with Crippen molar-refractivity contribution in [2.45, 2.75) is 18.6 Å². The van der Waals surface area contributed by atoms with Crippen LogP contribution in [0.2, 0.25) is 0 Å². The number of hydrogen-bond acceptors (Lipinski definition) is 5. The highest BCUT2D eigenvalue weighted by Gasteiger charge is 2.39. The highest BCUT2D eigenvalue weighted by Crippen LogP contribution is 2.24. The van der Waals surface area contributed by atoms with Crippen LogP contribution in [0.3, 0.4) is 0 Å². The molecule has 7 nitrogen and oxygen atoms in total. The Morgan fingerprint density at radius 3 is 2.67 bits per heavy atom. The largest absolute Gasteiger partial charge is 0.481 e. The highest BCUT2D eigenvalue weighted by atomic mass is 16.5. The number of piperazine rings is 1. The number of methoxy groups -OCH3 is 1. The fraction of sp³-hybridized carbons (Fsp3) is 0.571. The number of fused-ring (bicyclic) bond motifs is 2. The van der Waals surface area contributed by atoms with E-state index in [2.05, 4.69) is 9.88 Å². The lowest BCUT2D eigenvalue weighted by atomic mass is 10.0. The van der Waals surface area contributed by atoms with Crippen molar-refractivity contribution in [3.63, 3.8) is 0 Å². The van der Waals surface area contributed by atoms with Gasteiger partial charge in [-0.3, -0.25) is 4.90 Å². The van der Waals surface area contributed by atoms with Gasteiger partial charge in [-0.15, -0.1) is 0 Å². The topological polar surface area (TPSA) is 75.1 Å². The summed E-state index contributed by atoms with van der Waals surface area (Å²) in [5, 5.41) is 9.17. The molecule has 0 aliphatic carbocycles. The Kier molecular flexibility index (Phi) is 3.94. The van der Waals surface area contributed by atoms with Crippen molar-refractivity contribution < 1.29 is 19.4 Å². The molecular weight excluding hydrogens is 274 g/mol. The number of hydrogen-bond donors (Lipinski definition) is 1. The van der Waals surface area contributed by atoms with Crippen LogP contribution in [0.5, 0.6) is 5.88 Å². The first-order valence-electron chi connectivity index (χ1n) is 6.97. The Morgan fingerprint density at radius 1 is 1.43 bits per heavy atom. The van der Waals surface area contributed by atoms with Crippen LogP contribution < -0.4 is 4.74 Å². The average molecular weight is 293 g/mol. The number of nitrogens with zero attached hydrogens (tertiary/aromatic N) is 3. The number of aromatic nitrogens is 1. The van der Waals surface area contributed by atoms with Crippen molar-refractivity contribution >= 4 is 6.09 Å². The van der Waals surface area contributed by atoms with Crippen LogP contribution in [0.1, 0.15) is 5.56 Å². The molecule has 2 aliphatic heterocycles. The van der Waals surface area contributed by atoms with Crippen molar-refractivity contribution in [3.05, 3.63) is 23.9 Å². The first kappa shape index (κ1) is 14.1. The lowest BCUT2D eigenvalue weighted by Gasteiger charge is -2.48. The Hall–Kier alpha value is -1.86. The molecule has 1 amide bonds. The molecule has 0 saturated carbocycles. The third-order valence-electron chi connectivity index (χ3n) is 4.06. The van der Waals surface area contributed by atoms with E-state index in [1.807, 2.05) is 12.1 Å². The van der Waals surface area contributed by atoms with Crippen LogP contribution in [-0.2, 0) is 11.3 Å².